The molecule has 7 nitrogen and oxygen atoms in total. The Labute approximate surface area is 164 Å². The maximum Gasteiger partial charge on any atom is 0.275 e. The molecule has 1 saturated carbocycles. The highest BCUT2D eigenvalue weighted by Crippen LogP contribution is 2.20. The molecule has 0 unspecified atom stereocenters. The topological polar surface area (TPSA) is 74.0 Å². The number of hydrogen-bond donors (Lipinski definition) is 1. The highest BCUT2D eigenvalue weighted by atomic mass is 16.5. The Balaban J connectivity index is 1.60. The largest absolute Gasteiger partial charge is 0.497 e. The zero-order valence-corrected chi connectivity index (χ0v) is 16.0. The van der Waals surface area contributed by atoms with Crippen LogP contribution >= 0.6 is 0 Å². The van der Waals surface area contributed by atoms with Crippen molar-refractivity contribution in [2.24, 2.45) is 0 Å². The summed E-state index contributed by atoms with van der Waals surface area (Å²) in [6.45, 7) is 0.515. The van der Waals surface area contributed by atoms with E-state index in [1.807, 2.05) is 53.4 Å². The first-order valence-corrected chi connectivity index (χ1v) is 9.75. The zero-order chi connectivity index (χ0) is 19.3. The van der Waals surface area contributed by atoms with Crippen LogP contribution < -0.4 is 10.1 Å². The van der Waals surface area contributed by atoms with Crippen LogP contribution in [-0.4, -0.2) is 38.6 Å². The summed E-state index contributed by atoms with van der Waals surface area (Å²) in [5, 5.41) is 11.6. The summed E-state index contributed by atoms with van der Waals surface area (Å²) in [6.07, 6.45) is 9.45. The van der Waals surface area contributed by atoms with Gasteiger partial charge in [-0.3, -0.25) is 4.79 Å². The molecular weight excluding hydrogens is 354 g/mol. The Morgan fingerprint density at radius 1 is 1.14 bits per heavy atom. The summed E-state index contributed by atoms with van der Waals surface area (Å²) in [6, 6.07) is 11.9. The highest BCUT2D eigenvalue weighted by molar-refractivity contribution is 5.95. The average molecular weight is 379 g/mol. The molecule has 0 saturated heterocycles. The van der Waals surface area contributed by atoms with Crippen molar-refractivity contribution in [3.05, 3.63) is 60.0 Å². The van der Waals surface area contributed by atoms with Crippen LogP contribution in [-0.2, 0) is 6.54 Å². The normalized spacial score (nSPS) is 14.8. The Kier molecular flexibility index (Phi) is 5.41. The molecule has 0 radical (unpaired) electrons. The third-order valence-electron chi connectivity index (χ3n) is 5.20. The van der Waals surface area contributed by atoms with Gasteiger partial charge in [0.1, 0.15) is 5.75 Å². The van der Waals surface area contributed by atoms with E-state index in [1.54, 1.807) is 11.8 Å². The molecule has 2 aromatic heterocycles. The summed E-state index contributed by atoms with van der Waals surface area (Å²) in [4.78, 5) is 12.9. The van der Waals surface area contributed by atoms with Crippen LogP contribution in [0.1, 0.15) is 48.2 Å². The van der Waals surface area contributed by atoms with E-state index >= 15 is 0 Å². The molecule has 28 heavy (non-hydrogen) atoms. The summed E-state index contributed by atoms with van der Waals surface area (Å²) in [5.74, 6) is 1.33. The third kappa shape index (κ3) is 3.93. The fourth-order valence-electron chi connectivity index (χ4n) is 3.70. The van der Waals surface area contributed by atoms with E-state index < -0.39 is 0 Å². The molecule has 2 heterocycles. The van der Waals surface area contributed by atoms with Gasteiger partial charge in [0, 0.05) is 18.4 Å². The average Bonchev–Trinajstić information content (AvgIpc) is 3.39. The third-order valence-corrected chi connectivity index (χ3v) is 5.20. The number of aromatic nitrogens is 4. The fourth-order valence-corrected chi connectivity index (χ4v) is 3.70. The number of amides is 1. The predicted molar refractivity (Wildman–Crippen MR) is 106 cm³/mol. The number of carbonyl (C=O) groups is 1. The summed E-state index contributed by atoms with van der Waals surface area (Å²) >= 11 is 0. The van der Waals surface area contributed by atoms with Gasteiger partial charge in [0.05, 0.1) is 13.7 Å². The maximum absolute atomic E-state index is 12.9. The summed E-state index contributed by atoms with van der Waals surface area (Å²) in [5.41, 5.74) is 1.41. The molecule has 0 bridgehead atoms. The number of hydrogen-bond acceptors (Lipinski definition) is 4. The van der Waals surface area contributed by atoms with Gasteiger partial charge in [0.15, 0.2) is 11.5 Å². The SMILES string of the molecule is COc1ccc(Cn2nnc(C(=O)NC3CCCCC3)c2-n2cccc2)cc1. The van der Waals surface area contributed by atoms with Crippen molar-refractivity contribution in [2.75, 3.05) is 7.11 Å². The van der Waals surface area contributed by atoms with Crippen molar-refractivity contribution in [3.8, 4) is 11.6 Å². The van der Waals surface area contributed by atoms with Gasteiger partial charge in [-0.2, -0.15) is 0 Å². The van der Waals surface area contributed by atoms with Crippen LogP contribution in [0.15, 0.2) is 48.8 Å². The number of nitrogens with one attached hydrogen (secondary N) is 1. The Morgan fingerprint density at radius 3 is 2.54 bits per heavy atom. The lowest BCUT2D eigenvalue weighted by molar-refractivity contribution is 0.0922. The Hall–Kier alpha value is -3.09. The van der Waals surface area contributed by atoms with Crippen molar-refractivity contribution in [1.29, 1.82) is 0 Å². The number of methoxy groups -OCH3 is 1. The number of carbonyl (C=O) groups excluding carboxylic acids is 1. The minimum atomic E-state index is -0.156. The molecule has 7 heteroatoms. The molecule has 1 aliphatic carbocycles. The van der Waals surface area contributed by atoms with Gasteiger partial charge in [-0.1, -0.05) is 36.6 Å². The molecule has 1 amide bonds. The zero-order valence-electron chi connectivity index (χ0n) is 16.0. The first-order valence-electron chi connectivity index (χ1n) is 9.75. The molecule has 0 atom stereocenters. The number of nitrogens with zero attached hydrogens (tertiary/aromatic N) is 4. The second-order valence-corrected chi connectivity index (χ2v) is 7.17. The van der Waals surface area contributed by atoms with E-state index in [0.717, 1.165) is 24.2 Å². The van der Waals surface area contributed by atoms with E-state index in [-0.39, 0.29) is 11.9 Å². The molecule has 1 aromatic carbocycles. The molecular formula is C21H25N5O2. The summed E-state index contributed by atoms with van der Waals surface area (Å²) < 4.78 is 8.87. The van der Waals surface area contributed by atoms with E-state index in [4.69, 9.17) is 4.74 Å². The molecule has 1 N–H and O–H groups in total. The van der Waals surface area contributed by atoms with Crippen molar-refractivity contribution in [2.45, 2.75) is 44.7 Å². The number of benzene rings is 1. The number of rotatable bonds is 6. The predicted octanol–water partition coefficient (Wildman–Crippen LogP) is 3.19. The second kappa shape index (κ2) is 8.29. The highest BCUT2D eigenvalue weighted by Gasteiger charge is 2.24. The minimum absolute atomic E-state index is 0.156. The smallest absolute Gasteiger partial charge is 0.275 e. The lowest BCUT2D eigenvalue weighted by Crippen LogP contribution is -2.36. The van der Waals surface area contributed by atoms with Crippen LogP contribution in [0.3, 0.4) is 0 Å². The lowest BCUT2D eigenvalue weighted by Gasteiger charge is -2.22. The number of ether oxygens (including phenoxy) is 1. The van der Waals surface area contributed by atoms with E-state index in [1.165, 1.54) is 19.3 Å². The van der Waals surface area contributed by atoms with Gasteiger partial charge >= 0.3 is 0 Å². The van der Waals surface area contributed by atoms with Gasteiger partial charge in [-0.25, -0.2) is 4.68 Å². The lowest BCUT2D eigenvalue weighted by atomic mass is 9.95. The van der Waals surface area contributed by atoms with Crippen molar-refractivity contribution in [1.82, 2.24) is 24.9 Å². The standard InChI is InChI=1S/C21H25N5O2/c1-28-18-11-9-16(10-12-18)15-26-21(25-13-5-6-14-25)19(23-24-26)20(27)22-17-7-3-2-4-8-17/h5-6,9-14,17H,2-4,7-8,15H2,1H3,(H,22,27). The van der Waals surface area contributed by atoms with Crippen LogP contribution in [0.5, 0.6) is 5.75 Å². The van der Waals surface area contributed by atoms with Crippen LogP contribution in [0, 0.1) is 0 Å². The molecule has 4 rings (SSSR count). The van der Waals surface area contributed by atoms with Gasteiger partial charge in [0.2, 0.25) is 0 Å². The molecule has 146 valence electrons. The Bertz CT molecular complexity index is 909. The quantitative estimate of drug-likeness (QED) is 0.714. The first-order chi connectivity index (χ1) is 13.7. The van der Waals surface area contributed by atoms with Crippen LogP contribution in [0.2, 0.25) is 0 Å². The molecule has 3 aromatic rings. The van der Waals surface area contributed by atoms with Gasteiger partial charge in [-0.15, -0.1) is 5.10 Å². The fraction of sp³-hybridized carbons (Fsp3) is 0.381. The van der Waals surface area contributed by atoms with Crippen molar-refractivity contribution in [3.63, 3.8) is 0 Å². The minimum Gasteiger partial charge on any atom is -0.497 e. The molecule has 0 aliphatic heterocycles. The monoisotopic (exact) mass is 379 g/mol. The van der Waals surface area contributed by atoms with Gasteiger partial charge in [-0.05, 0) is 42.7 Å². The Morgan fingerprint density at radius 2 is 1.86 bits per heavy atom. The van der Waals surface area contributed by atoms with Gasteiger partial charge < -0.3 is 14.6 Å². The summed E-state index contributed by atoms with van der Waals surface area (Å²) in [7, 11) is 1.65. The molecule has 0 spiro atoms. The van der Waals surface area contributed by atoms with Crippen molar-refractivity contribution >= 4 is 5.91 Å². The van der Waals surface area contributed by atoms with Crippen LogP contribution in [0.25, 0.3) is 5.82 Å². The maximum atomic E-state index is 12.9. The molecule has 1 fully saturated rings. The molecule has 1 aliphatic rings. The van der Waals surface area contributed by atoms with Crippen molar-refractivity contribution < 1.29 is 9.53 Å². The van der Waals surface area contributed by atoms with Gasteiger partial charge in [0.25, 0.3) is 5.91 Å². The van der Waals surface area contributed by atoms with E-state index in [0.29, 0.717) is 18.1 Å². The van der Waals surface area contributed by atoms with E-state index in [2.05, 4.69) is 15.6 Å². The van der Waals surface area contributed by atoms with E-state index in [9.17, 15) is 4.79 Å². The first kappa shape index (κ1) is 18.3. The van der Waals surface area contributed by atoms with Crippen LogP contribution in [0.4, 0.5) is 0 Å². The second-order valence-electron chi connectivity index (χ2n) is 7.17.